The molecule has 0 saturated heterocycles. The second kappa shape index (κ2) is 20.0. The van der Waals surface area contributed by atoms with Gasteiger partial charge in [0.15, 0.2) is 0 Å². The first kappa shape index (κ1) is 29.6. The Morgan fingerprint density at radius 2 is 1.21 bits per heavy atom. The van der Waals surface area contributed by atoms with Crippen LogP contribution in [0.1, 0.15) is 45.4 Å². The van der Waals surface area contributed by atoms with Crippen LogP contribution in [0, 0.1) is 0 Å². The van der Waals surface area contributed by atoms with Crippen molar-refractivity contribution in [3.63, 3.8) is 0 Å². The molecule has 11 heteroatoms. The number of thiol groups is 1. The molecule has 33 heavy (non-hydrogen) atoms. The standard InChI is InChI=1S/C22H40N2O8S/c1-18(25)2-7-21(26)23-8-10-28-12-14-30-16-17-31-15-13-29-11-9-24-22(27)32-19-3-5-20(33)6-4-19/h19-20,33H,2-17H2,1H3,(H,23,26)(H,24,27). The number of ether oxygens (including phenoxy) is 5. The Hall–Kier alpha value is -1.40. The Kier molecular flexibility index (Phi) is 18.0. The Morgan fingerprint density at radius 3 is 1.73 bits per heavy atom. The van der Waals surface area contributed by atoms with E-state index >= 15 is 0 Å². The number of Topliss-reactive ketones (excluding diaryl/α,β-unsaturated/α-hetero) is 1. The maximum Gasteiger partial charge on any atom is 0.407 e. The molecule has 10 nitrogen and oxygen atoms in total. The van der Waals surface area contributed by atoms with Gasteiger partial charge in [-0.15, -0.1) is 0 Å². The summed E-state index contributed by atoms with van der Waals surface area (Å²) in [5.41, 5.74) is 0. The second-order valence-corrected chi connectivity index (χ2v) is 8.49. The van der Waals surface area contributed by atoms with E-state index in [1.54, 1.807) is 0 Å². The Labute approximate surface area is 202 Å². The summed E-state index contributed by atoms with van der Waals surface area (Å²) in [5, 5.41) is 5.80. The molecule has 0 aromatic heterocycles. The van der Waals surface area contributed by atoms with E-state index in [4.69, 9.17) is 23.7 Å². The molecule has 0 heterocycles. The lowest BCUT2D eigenvalue weighted by atomic mass is 9.97. The minimum Gasteiger partial charge on any atom is -0.446 e. The van der Waals surface area contributed by atoms with Crippen molar-refractivity contribution in [1.82, 2.24) is 10.6 Å². The zero-order chi connectivity index (χ0) is 24.2. The van der Waals surface area contributed by atoms with Crippen LogP contribution in [0.3, 0.4) is 0 Å². The molecule has 192 valence electrons. The Bertz CT molecular complexity index is 544. The number of amides is 2. The molecule has 0 aromatic carbocycles. The highest BCUT2D eigenvalue weighted by Gasteiger charge is 2.21. The molecule has 2 amide bonds. The van der Waals surface area contributed by atoms with Gasteiger partial charge in [-0.05, 0) is 32.6 Å². The third kappa shape index (κ3) is 18.7. The minimum absolute atomic E-state index is 0.00350. The largest absolute Gasteiger partial charge is 0.446 e. The number of rotatable bonds is 19. The molecule has 0 radical (unpaired) electrons. The van der Waals surface area contributed by atoms with Crippen LogP contribution in [0.4, 0.5) is 4.79 Å². The minimum atomic E-state index is -0.395. The molecule has 2 N–H and O–H groups in total. The molecule has 0 aliphatic heterocycles. The van der Waals surface area contributed by atoms with Crippen molar-refractivity contribution in [2.24, 2.45) is 0 Å². The van der Waals surface area contributed by atoms with Crippen molar-refractivity contribution in [2.75, 3.05) is 65.9 Å². The highest BCUT2D eigenvalue weighted by atomic mass is 32.1. The average Bonchev–Trinajstić information content (AvgIpc) is 2.79. The van der Waals surface area contributed by atoms with Crippen LogP contribution in [0.15, 0.2) is 0 Å². The molecule has 1 aliphatic rings. The van der Waals surface area contributed by atoms with E-state index in [1.165, 1.54) is 6.92 Å². The predicted octanol–water partition coefficient (Wildman–Crippen LogP) is 1.51. The number of hydrogen-bond acceptors (Lipinski definition) is 9. The summed E-state index contributed by atoms with van der Waals surface area (Å²) in [4.78, 5) is 33.9. The molecule has 0 spiro atoms. The fraction of sp³-hybridized carbons (Fsp3) is 0.864. The van der Waals surface area contributed by atoms with E-state index in [-0.39, 0.29) is 30.6 Å². The lowest BCUT2D eigenvalue weighted by Gasteiger charge is -2.25. The van der Waals surface area contributed by atoms with Gasteiger partial charge >= 0.3 is 6.09 Å². The van der Waals surface area contributed by atoms with Gasteiger partial charge in [0.05, 0.1) is 52.9 Å². The summed E-state index contributed by atoms with van der Waals surface area (Å²) in [6.45, 7) is 5.72. The van der Waals surface area contributed by atoms with Gasteiger partial charge in [-0.2, -0.15) is 12.6 Å². The van der Waals surface area contributed by atoms with Gasteiger partial charge in [0.2, 0.25) is 5.91 Å². The normalized spacial score (nSPS) is 18.0. The van der Waals surface area contributed by atoms with Gasteiger partial charge in [-0.3, -0.25) is 4.79 Å². The topological polar surface area (TPSA) is 121 Å². The molecule has 1 fully saturated rings. The number of alkyl carbamates (subject to hydrolysis) is 1. The SMILES string of the molecule is CC(=O)CCC(=O)NCCOCCOCCOCCOCCNC(=O)OC1CCC(S)CC1. The summed E-state index contributed by atoms with van der Waals surface area (Å²) in [6, 6.07) is 0. The predicted molar refractivity (Wildman–Crippen MR) is 126 cm³/mol. The van der Waals surface area contributed by atoms with E-state index in [0.29, 0.717) is 71.2 Å². The number of carbonyl (C=O) groups excluding carboxylic acids is 3. The number of hydrogen-bond donors (Lipinski definition) is 3. The number of ketones is 1. The van der Waals surface area contributed by atoms with Crippen molar-refractivity contribution < 1.29 is 38.1 Å². The van der Waals surface area contributed by atoms with Gasteiger partial charge in [-0.25, -0.2) is 4.79 Å². The molecule has 0 bridgehead atoms. The third-order valence-corrected chi connectivity index (χ3v) is 5.34. The molecular formula is C22H40N2O8S. The van der Waals surface area contributed by atoms with E-state index in [1.807, 2.05) is 0 Å². The van der Waals surface area contributed by atoms with Gasteiger partial charge in [0.25, 0.3) is 0 Å². The van der Waals surface area contributed by atoms with Crippen molar-refractivity contribution in [3.8, 4) is 0 Å². The maximum absolute atomic E-state index is 11.7. The van der Waals surface area contributed by atoms with Gasteiger partial charge < -0.3 is 39.1 Å². The molecule has 1 rings (SSSR count). The quantitative estimate of drug-likeness (QED) is 0.183. The molecule has 0 aromatic rings. The first-order valence-corrected chi connectivity index (χ1v) is 12.2. The zero-order valence-corrected chi connectivity index (χ0v) is 20.6. The molecule has 1 aliphatic carbocycles. The molecule has 0 unspecified atom stereocenters. The summed E-state index contributed by atoms with van der Waals surface area (Å²) in [7, 11) is 0. The van der Waals surface area contributed by atoms with E-state index < -0.39 is 6.09 Å². The summed E-state index contributed by atoms with van der Waals surface area (Å²) in [6.07, 6.45) is 3.78. The summed E-state index contributed by atoms with van der Waals surface area (Å²) in [5.74, 6) is -0.143. The highest BCUT2D eigenvalue weighted by Crippen LogP contribution is 2.24. The van der Waals surface area contributed by atoms with Crippen LogP contribution in [0.5, 0.6) is 0 Å². The Morgan fingerprint density at radius 1 is 0.727 bits per heavy atom. The van der Waals surface area contributed by atoms with Gasteiger partial charge in [0.1, 0.15) is 11.9 Å². The van der Waals surface area contributed by atoms with Crippen molar-refractivity contribution in [1.29, 1.82) is 0 Å². The first-order valence-electron chi connectivity index (χ1n) is 11.7. The van der Waals surface area contributed by atoms with Crippen LogP contribution in [0.2, 0.25) is 0 Å². The van der Waals surface area contributed by atoms with E-state index in [0.717, 1.165) is 25.7 Å². The van der Waals surface area contributed by atoms with Crippen LogP contribution in [-0.2, 0) is 33.3 Å². The van der Waals surface area contributed by atoms with Gasteiger partial charge in [-0.1, -0.05) is 0 Å². The molecule has 1 saturated carbocycles. The molecular weight excluding hydrogens is 452 g/mol. The lowest BCUT2D eigenvalue weighted by molar-refractivity contribution is -0.124. The monoisotopic (exact) mass is 492 g/mol. The van der Waals surface area contributed by atoms with Crippen LogP contribution < -0.4 is 10.6 Å². The van der Waals surface area contributed by atoms with Crippen LogP contribution in [0.25, 0.3) is 0 Å². The van der Waals surface area contributed by atoms with Crippen LogP contribution in [-0.4, -0.2) is 95.1 Å². The maximum atomic E-state index is 11.7. The highest BCUT2D eigenvalue weighted by molar-refractivity contribution is 7.80. The second-order valence-electron chi connectivity index (χ2n) is 7.76. The fourth-order valence-corrected chi connectivity index (χ4v) is 3.28. The lowest BCUT2D eigenvalue weighted by Crippen LogP contribution is -2.33. The Balaban J connectivity index is 1.75. The fourth-order valence-electron chi connectivity index (χ4n) is 2.98. The summed E-state index contributed by atoms with van der Waals surface area (Å²) >= 11 is 4.43. The average molecular weight is 493 g/mol. The third-order valence-electron chi connectivity index (χ3n) is 4.82. The summed E-state index contributed by atoms with van der Waals surface area (Å²) < 4.78 is 26.9. The number of carbonyl (C=O) groups is 3. The zero-order valence-electron chi connectivity index (χ0n) is 19.7. The van der Waals surface area contributed by atoms with Crippen molar-refractivity contribution in [3.05, 3.63) is 0 Å². The van der Waals surface area contributed by atoms with E-state index in [2.05, 4.69) is 23.3 Å². The van der Waals surface area contributed by atoms with Crippen molar-refractivity contribution in [2.45, 2.75) is 56.8 Å². The number of nitrogens with one attached hydrogen (secondary N) is 2. The van der Waals surface area contributed by atoms with E-state index in [9.17, 15) is 14.4 Å². The molecule has 0 atom stereocenters. The first-order chi connectivity index (χ1) is 16.0. The smallest absolute Gasteiger partial charge is 0.407 e. The van der Waals surface area contributed by atoms with Crippen molar-refractivity contribution >= 4 is 30.4 Å². The van der Waals surface area contributed by atoms with Gasteiger partial charge in [0, 0.05) is 31.2 Å². The van der Waals surface area contributed by atoms with Crippen LogP contribution >= 0.6 is 12.6 Å².